The number of amides is 1. The molecule has 0 atom stereocenters. The molecule has 20 heavy (non-hydrogen) atoms. The zero-order chi connectivity index (χ0) is 14.5. The fourth-order valence-electron chi connectivity index (χ4n) is 1.79. The number of carbonyl (C=O) groups is 1. The SMILES string of the molecule is Cc1csc(=O)n1CC(=O)NCCc1ccc(Cl)cc1. The van der Waals surface area contributed by atoms with Crippen LogP contribution in [0.3, 0.4) is 0 Å². The van der Waals surface area contributed by atoms with Crippen LogP contribution in [0.15, 0.2) is 34.4 Å². The molecule has 0 radical (unpaired) electrons. The molecular formula is C14H15ClN2O2S. The third-order valence-corrected chi connectivity index (χ3v) is 4.06. The summed E-state index contributed by atoms with van der Waals surface area (Å²) in [6.45, 7) is 2.44. The van der Waals surface area contributed by atoms with Gasteiger partial charge in [0.15, 0.2) is 0 Å². The van der Waals surface area contributed by atoms with Crippen LogP contribution in [-0.4, -0.2) is 17.0 Å². The van der Waals surface area contributed by atoms with Crippen LogP contribution in [0.5, 0.6) is 0 Å². The zero-order valence-electron chi connectivity index (χ0n) is 11.1. The van der Waals surface area contributed by atoms with Gasteiger partial charge in [0.1, 0.15) is 6.54 Å². The van der Waals surface area contributed by atoms with Crippen molar-refractivity contribution in [2.24, 2.45) is 0 Å². The van der Waals surface area contributed by atoms with E-state index in [-0.39, 0.29) is 17.3 Å². The molecule has 0 spiro atoms. The average molecular weight is 311 g/mol. The summed E-state index contributed by atoms with van der Waals surface area (Å²) in [5.74, 6) is -0.150. The summed E-state index contributed by atoms with van der Waals surface area (Å²) in [7, 11) is 0. The van der Waals surface area contributed by atoms with Crippen molar-refractivity contribution in [3.8, 4) is 0 Å². The van der Waals surface area contributed by atoms with Crippen molar-refractivity contribution in [2.45, 2.75) is 19.9 Å². The molecule has 0 aliphatic heterocycles. The van der Waals surface area contributed by atoms with Crippen LogP contribution in [0.25, 0.3) is 0 Å². The predicted molar refractivity (Wildman–Crippen MR) is 81.5 cm³/mol. The van der Waals surface area contributed by atoms with E-state index in [0.29, 0.717) is 11.6 Å². The van der Waals surface area contributed by atoms with Crippen LogP contribution >= 0.6 is 22.9 Å². The number of aryl methyl sites for hydroxylation is 1. The molecule has 0 bridgehead atoms. The Morgan fingerprint density at radius 2 is 2.05 bits per heavy atom. The van der Waals surface area contributed by atoms with Crippen LogP contribution in [0.4, 0.5) is 0 Å². The second-order valence-electron chi connectivity index (χ2n) is 4.46. The third kappa shape index (κ3) is 3.95. The van der Waals surface area contributed by atoms with Crippen LogP contribution in [0, 0.1) is 6.92 Å². The normalized spacial score (nSPS) is 10.5. The molecule has 0 fully saturated rings. The molecule has 1 N–H and O–H groups in total. The van der Waals surface area contributed by atoms with E-state index >= 15 is 0 Å². The highest BCUT2D eigenvalue weighted by Gasteiger charge is 2.07. The Kier molecular flexibility index (Phi) is 4.98. The van der Waals surface area contributed by atoms with E-state index in [1.165, 1.54) is 4.57 Å². The van der Waals surface area contributed by atoms with Gasteiger partial charge in [-0.25, -0.2) is 0 Å². The molecule has 1 aromatic heterocycles. The van der Waals surface area contributed by atoms with Crippen LogP contribution in [-0.2, 0) is 17.8 Å². The van der Waals surface area contributed by atoms with Gasteiger partial charge in [-0.1, -0.05) is 35.1 Å². The minimum atomic E-state index is -0.150. The number of aromatic nitrogens is 1. The number of hydrogen-bond acceptors (Lipinski definition) is 3. The van der Waals surface area contributed by atoms with Crippen molar-refractivity contribution in [2.75, 3.05) is 6.54 Å². The highest BCUT2D eigenvalue weighted by molar-refractivity contribution is 7.07. The van der Waals surface area contributed by atoms with Gasteiger partial charge in [-0.2, -0.15) is 0 Å². The van der Waals surface area contributed by atoms with Gasteiger partial charge < -0.3 is 5.32 Å². The smallest absolute Gasteiger partial charge is 0.307 e. The van der Waals surface area contributed by atoms with Crippen molar-refractivity contribution >= 4 is 28.8 Å². The van der Waals surface area contributed by atoms with E-state index in [2.05, 4.69) is 5.32 Å². The first kappa shape index (κ1) is 14.8. The fraction of sp³-hybridized carbons (Fsp3) is 0.286. The topological polar surface area (TPSA) is 51.1 Å². The summed E-state index contributed by atoms with van der Waals surface area (Å²) in [4.78, 5) is 23.2. The van der Waals surface area contributed by atoms with Gasteiger partial charge in [0, 0.05) is 22.6 Å². The molecule has 1 aromatic carbocycles. The molecule has 4 nitrogen and oxygen atoms in total. The van der Waals surface area contributed by atoms with Crippen molar-refractivity contribution in [3.05, 3.63) is 55.6 Å². The molecule has 2 rings (SSSR count). The average Bonchev–Trinajstić information content (AvgIpc) is 2.73. The first-order chi connectivity index (χ1) is 9.56. The fourth-order valence-corrected chi connectivity index (χ4v) is 2.65. The molecule has 0 aliphatic carbocycles. The lowest BCUT2D eigenvalue weighted by atomic mass is 10.1. The second kappa shape index (κ2) is 6.72. The van der Waals surface area contributed by atoms with Crippen LogP contribution in [0.2, 0.25) is 5.02 Å². The van der Waals surface area contributed by atoms with Gasteiger partial charge in [-0.3, -0.25) is 14.2 Å². The quantitative estimate of drug-likeness (QED) is 0.920. The predicted octanol–water partition coefficient (Wildman–Crippen LogP) is 2.23. The Labute approximate surface area is 126 Å². The summed E-state index contributed by atoms with van der Waals surface area (Å²) in [6.07, 6.45) is 0.737. The van der Waals surface area contributed by atoms with Crippen molar-refractivity contribution in [1.29, 1.82) is 0 Å². The maximum atomic E-state index is 11.8. The number of rotatable bonds is 5. The summed E-state index contributed by atoms with van der Waals surface area (Å²) in [5, 5.41) is 5.26. The van der Waals surface area contributed by atoms with Gasteiger partial charge in [0.25, 0.3) is 0 Å². The number of halogens is 1. The Balaban J connectivity index is 1.81. The molecule has 6 heteroatoms. The van der Waals surface area contributed by atoms with Gasteiger partial charge in [0.2, 0.25) is 5.91 Å². The van der Waals surface area contributed by atoms with Gasteiger partial charge in [0.05, 0.1) is 0 Å². The van der Waals surface area contributed by atoms with E-state index in [1.807, 2.05) is 31.2 Å². The Hall–Kier alpha value is -1.59. The first-order valence-corrected chi connectivity index (χ1v) is 7.48. The van der Waals surface area contributed by atoms with E-state index in [1.54, 1.807) is 5.38 Å². The largest absolute Gasteiger partial charge is 0.354 e. The molecule has 0 saturated heterocycles. The van der Waals surface area contributed by atoms with E-state index in [4.69, 9.17) is 11.6 Å². The molecule has 1 heterocycles. The lowest BCUT2D eigenvalue weighted by molar-refractivity contribution is -0.121. The van der Waals surface area contributed by atoms with E-state index in [9.17, 15) is 9.59 Å². The summed E-state index contributed by atoms with van der Waals surface area (Å²) in [6, 6.07) is 7.52. The number of hydrogen-bond donors (Lipinski definition) is 1. The molecule has 0 unspecified atom stereocenters. The lowest BCUT2D eigenvalue weighted by Crippen LogP contribution is -2.32. The Bertz CT molecular complexity index is 646. The second-order valence-corrected chi connectivity index (χ2v) is 5.71. The number of carbonyl (C=O) groups excluding carboxylic acids is 1. The van der Waals surface area contributed by atoms with Crippen LogP contribution < -0.4 is 10.2 Å². The van der Waals surface area contributed by atoms with Gasteiger partial charge >= 0.3 is 4.87 Å². The number of nitrogens with zero attached hydrogens (tertiary/aromatic N) is 1. The van der Waals surface area contributed by atoms with Crippen LogP contribution in [0.1, 0.15) is 11.3 Å². The molecule has 0 aliphatic rings. The number of thiazole rings is 1. The number of benzene rings is 1. The Morgan fingerprint density at radius 1 is 1.35 bits per heavy atom. The van der Waals surface area contributed by atoms with Gasteiger partial charge in [-0.05, 0) is 31.0 Å². The Morgan fingerprint density at radius 3 is 2.65 bits per heavy atom. The van der Waals surface area contributed by atoms with E-state index in [0.717, 1.165) is 29.0 Å². The molecule has 106 valence electrons. The van der Waals surface area contributed by atoms with Gasteiger partial charge in [-0.15, -0.1) is 0 Å². The molecule has 2 aromatic rings. The standard InChI is InChI=1S/C14H15ClN2O2S/c1-10-9-20-14(19)17(10)8-13(18)16-7-6-11-2-4-12(15)5-3-11/h2-5,9H,6-8H2,1H3,(H,16,18). The highest BCUT2D eigenvalue weighted by Crippen LogP contribution is 2.09. The molecular weight excluding hydrogens is 296 g/mol. The van der Waals surface area contributed by atoms with Crippen molar-refractivity contribution < 1.29 is 4.79 Å². The summed E-state index contributed by atoms with van der Waals surface area (Å²) >= 11 is 6.91. The lowest BCUT2D eigenvalue weighted by Gasteiger charge is -2.07. The number of nitrogens with one attached hydrogen (secondary N) is 1. The van der Waals surface area contributed by atoms with E-state index < -0.39 is 0 Å². The monoisotopic (exact) mass is 310 g/mol. The minimum absolute atomic E-state index is 0.0782. The third-order valence-electron chi connectivity index (χ3n) is 2.93. The highest BCUT2D eigenvalue weighted by atomic mass is 35.5. The summed E-state index contributed by atoms with van der Waals surface area (Å²) < 4.78 is 1.47. The zero-order valence-corrected chi connectivity index (χ0v) is 12.6. The molecule has 0 saturated carbocycles. The first-order valence-electron chi connectivity index (χ1n) is 6.22. The molecule has 1 amide bonds. The minimum Gasteiger partial charge on any atom is -0.354 e. The van der Waals surface area contributed by atoms with Crippen molar-refractivity contribution in [1.82, 2.24) is 9.88 Å². The summed E-state index contributed by atoms with van der Waals surface area (Å²) in [5.41, 5.74) is 1.92. The maximum absolute atomic E-state index is 11.8. The van der Waals surface area contributed by atoms with Crippen molar-refractivity contribution in [3.63, 3.8) is 0 Å². The maximum Gasteiger partial charge on any atom is 0.307 e.